The largest absolute Gasteiger partial charge is 0.309 e. The topological polar surface area (TPSA) is 104 Å². The molecule has 0 aliphatic heterocycles. The van der Waals surface area contributed by atoms with Gasteiger partial charge in [0.25, 0.3) is 0 Å². The van der Waals surface area contributed by atoms with Crippen LogP contribution < -0.4 is 10.0 Å². The molecule has 0 aromatic carbocycles. The number of nitrogens with zero attached hydrogens (tertiary/aromatic N) is 1. The van der Waals surface area contributed by atoms with Crippen molar-refractivity contribution in [3.63, 3.8) is 0 Å². The molecule has 120 valence electrons. The van der Waals surface area contributed by atoms with Gasteiger partial charge < -0.3 is 5.32 Å². The number of nitrogens with one attached hydrogen (secondary N) is 3. The molecule has 7 nitrogen and oxygen atoms in total. The summed E-state index contributed by atoms with van der Waals surface area (Å²) in [5.74, 6) is 0.432. The zero-order valence-corrected chi connectivity index (χ0v) is 13.9. The van der Waals surface area contributed by atoms with Crippen molar-refractivity contribution in [2.24, 2.45) is 0 Å². The van der Waals surface area contributed by atoms with Crippen molar-refractivity contribution in [3.05, 3.63) is 29.3 Å². The Hall–Kier alpha value is -1.71. The van der Waals surface area contributed by atoms with E-state index in [-0.39, 0.29) is 29.0 Å². The van der Waals surface area contributed by atoms with Crippen molar-refractivity contribution >= 4 is 33.1 Å². The van der Waals surface area contributed by atoms with Crippen molar-refractivity contribution in [2.45, 2.75) is 30.4 Å². The normalized spacial score (nSPS) is 11.8. The van der Waals surface area contributed by atoms with Crippen molar-refractivity contribution < 1.29 is 13.2 Å². The van der Waals surface area contributed by atoms with E-state index in [0.29, 0.717) is 5.82 Å². The van der Waals surface area contributed by atoms with E-state index in [0.717, 1.165) is 17.0 Å². The quantitative estimate of drug-likeness (QED) is 0.715. The first-order valence-corrected chi connectivity index (χ1v) is 9.13. The van der Waals surface area contributed by atoms with Gasteiger partial charge in [0.2, 0.25) is 15.9 Å². The third-order valence-electron chi connectivity index (χ3n) is 2.89. The van der Waals surface area contributed by atoms with E-state index in [1.807, 2.05) is 13.8 Å². The van der Waals surface area contributed by atoms with E-state index < -0.39 is 10.0 Å². The monoisotopic (exact) mass is 342 g/mol. The number of carbonyl (C=O) groups is 1. The van der Waals surface area contributed by atoms with Crippen molar-refractivity contribution in [1.29, 1.82) is 0 Å². The average Bonchev–Trinajstić information content (AvgIpc) is 3.09. The number of rotatable bonds is 7. The van der Waals surface area contributed by atoms with Crippen LogP contribution in [0.15, 0.2) is 27.8 Å². The van der Waals surface area contributed by atoms with Gasteiger partial charge in [0, 0.05) is 24.7 Å². The van der Waals surface area contributed by atoms with E-state index in [2.05, 4.69) is 20.2 Å². The molecule has 0 atom stereocenters. The highest BCUT2D eigenvalue weighted by molar-refractivity contribution is 7.91. The first-order chi connectivity index (χ1) is 10.4. The molecule has 0 saturated heterocycles. The minimum absolute atomic E-state index is 0.0352. The lowest BCUT2D eigenvalue weighted by atomic mass is 10.1. The second kappa shape index (κ2) is 7.03. The lowest BCUT2D eigenvalue weighted by Crippen LogP contribution is -2.27. The van der Waals surface area contributed by atoms with Crippen LogP contribution in [-0.4, -0.2) is 31.1 Å². The Labute approximate surface area is 133 Å². The second-order valence-electron chi connectivity index (χ2n) is 4.99. The first kappa shape index (κ1) is 16.7. The molecule has 2 aromatic rings. The van der Waals surface area contributed by atoms with Crippen LogP contribution in [0.3, 0.4) is 0 Å². The number of carbonyl (C=O) groups excluding carboxylic acids is 1. The van der Waals surface area contributed by atoms with Gasteiger partial charge in [-0.05, 0) is 17.4 Å². The molecule has 3 N–H and O–H groups in total. The van der Waals surface area contributed by atoms with E-state index in [1.54, 1.807) is 17.5 Å². The Morgan fingerprint density at radius 3 is 2.82 bits per heavy atom. The lowest BCUT2D eigenvalue weighted by Gasteiger charge is -2.04. The predicted molar refractivity (Wildman–Crippen MR) is 85.4 cm³/mol. The summed E-state index contributed by atoms with van der Waals surface area (Å²) in [6.45, 7) is 4.06. The van der Waals surface area contributed by atoms with Crippen LogP contribution >= 0.6 is 11.3 Å². The summed E-state index contributed by atoms with van der Waals surface area (Å²) in [6, 6.07) is 4.94. The fraction of sp³-hybridized carbons (Fsp3) is 0.385. The van der Waals surface area contributed by atoms with Gasteiger partial charge in [-0.25, -0.2) is 13.1 Å². The van der Waals surface area contributed by atoms with Crippen molar-refractivity contribution in [1.82, 2.24) is 14.9 Å². The summed E-state index contributed by atoms with van der Waals surface area (Å²) in [6.07, 6.45) is 0.0362. The van der Waals surface area contributed by atoms with Crippen LogP contribution in [0.2, 0.25) is 0 Å². The number of aromatic amines is 1. The van der Waals surface area contributed by atoms with Gasteiger partial charge in [-0.15, -0.1) is 11.3 Å². The Balaban J connectivity index is 1.80. The minimum atomic E-state index is -3.53. The molecule has 9 heteroatoms. The van der Waals surface area contributed by atoms with Crippen LogP contribution in [0.1, 0.15) is 31.9 Å². The number of aromatic nitrogens is 2. The molecule has 0 aliphatic rings. The second-order valence-corrected chi connectivity index (χ2v) is 7.93. The maximum absolute atomic E-state index is 11.9. The summed E-state index contributed by atoms with van der Waals surface area (Å²) < 4.78 is 26.4. The number of anilines is 1. The highest BCUT2D eigenvalue weighted by Gasteiger charge is 2.15. The Morgan fingerprint density at radius 2 is 2.23 bits per heavy atom. The molecule has 0 radical (unpaired) electrons. The zero-order chi connectivity index (χ0) is 16.2. The standard InChI is InChI=1S/C13H18N4O3S2/c1-9(2)10-8-11(17-16-10)15-12(18)5-6-14-22(19,20)13-4-3-7-21-13/h3-4,7-9,14H,5-6H2,1-2H3,(H2,15,16,17,18). The first-order valence-electron chi connectivity index (χ1n) is 6.77. The summed E-state index contributed by atoms with van der Waals surface area (Å²) >= 11 is 1.13. The Morgan fingerprint density at radius 1 is 1.45 bits per heavy atom. The van der Waals surface area contributed by atoms with Crippen molar-refractivity contribution in [3.8, 4) is 0 Å². The fourth-order valence-electron chi connectivity index (χ4n) is 1.69. The maximum atomic E-state index is 11.9. The number of amides is 1. The molecule has 0 bridgehead atoms. The smallest absolute Gasteiger partial charge is 0.250 e. The highest BCUT2D eigenvalue weighted by Crippen LogP contribution is 2.16. The summed E-state index contributed by atoms with van der Waals surface area (Å²) in [4.78, 5) is 11.8. The van der Waals surface area contributed by atoms with Gasteiger partial charge >= 0.3 is 0 Å². The van der Waals surface area contributed by atoms with E-state index in [9.17, 15) is 13.2 Å². The number of hydrogen-bond donors (Lipinski definition) is 3. The SMILES string of the molecule is CC(C)c1cc(NC(=O)CCNS(=O)(=O)c2cccs2)n[nH]1. The summed E-state index contributed by atoms with van der Waals surface area (Å²) in [5, 5.41) is 11.1. The molecule has 1 amide bonds. The fourth-order valence-corrected chi connectivity index (χ4v) is 3.76. The number of hydrogen-bond acceptors (Lipinski definition) is 5. The minimum Gasteiger partial charge on any atom is -0.309 e. The molecule has 2 rings (SSSR count). The predicted octanol–water partition coefficient (Wildman–Crippen LogP) is 1.90. The van der Waals surface area contributed by atoms with Crippen LogP contribution in [-0.2, 0) is 14.8 Å². The number of thiophene rings is 1. The molecule has 0 fully saturated rings. The van der Waals surface area contributed by atoms with E-state index in [4.69, 9.17) is 0 Å². The van der Waals surface area contributed by atoms with Crippen LogP contribution in [0.5, 0.6) is 0 Å². The average molecular weight is 342 g/mol. The zero-order valence-electron chi connectivity index (χ0n) is 12.3. The molecule has 2 aromatic heterocycles. The van der Waals surface area contributed by atoms with Crippen LogP contribution in [0.25, 0.3) is 0 Å². The van der Waals surface area contributed by atoms with E-state index >= 15 is 0 Å². The molecule has 0 saturated carbocycles. The molecule has 0 aliphatic carbocycles. The molecule has 0 unspecified atom stereocenters. The maximum Gasteiger partial charge on any atom is 0.250 e. The third-order valence-corrected chi connectivity index (χ3v) is 5.75. The molecule has 0 spiro atoms. The van der Waals surface area contributed by atoms with Gasteiger partial charge in [-0.1, -0.05) is 19.9 Å². The molecule has 2 heterocycles. The Kier molecular flexibility index (Phi) is 5.33. The molecular weight excluding hydrogens is 324 g/mol. The van der Waals surface area contributed by atoms with Gasteiger partial charge in [-0.3, -0.25) is 9.89 Å². The van der Waals surface area contributed by atoms with Crippen molar-refractivity contribution in [2.75, 3.05) is 11.9 Å². The van der Waals surface area contributed by atoms with Gasteiger partial charge in [0.1, 0.15) is 4.21 Å². The van der Waals surface area contributed by atoms with E-state index in [1.165, 1.54) is 6.07 Å². The van der Waals surface area contributed by atoms with Gasteiger partial charge in [0.15, 0.2) is 5.82 Å². The number of sulfonamides is 1. The molecule has 22 heavy (non-hydrogen) atoms. The summed E-state index contributed by atoms with van der Waals surface area (Å²) in [7, 11) is -3.53. The molecular formula is C13H18N4O3S2. The van der Waals surface area contributed by atoms with Crippen LogP contribution in [0.4, 0.5) is 5.82 Å². The lowest BCUT2D eigenvalue weighted by molar-refractivity contribution is -0.116. The number of H-pyrrole nitrogens is 1. The van der Waals surface area contributed by atoms with Gasteiger partial charge in [0.05, 0.1) is 0 Å². The summed E-state index contributed by atoms with van der Waals surface area (Å²) in [5.41, 5.74) is 0.925. The van der Waals surface area contributed by atoms with Crippen LogP contribution in [0, 0.1) is 0 Å². The van der Waals surface area contributed by atoms with Gasteiger partial charge in [-0.2, -0.15) is 5.10 Å². The highest BCUT2D eigenvalue weighted by atomic mass is 32.2. The Bertz CT molecular complexity index is 720. The third kappa shape index (κ3) is 4.39.